The van der Waals surface area contributed by atoms with Crippen molar-refractivity contribution in [3.63, 3.8) is 0 Å². The molecule has 3 rings (SSSR count). The molecule has 0 spiro atoms. The minimum atomic E-state index is -3.23. The summed E-state index contributed by atoms with van der Waals surface area (Å²) in [5, 5.41) is 0. The van der Waals surface area contributed by atoms with Crippen LogP contribution in [0.4, 0.5) is 0 Å². The first kappa shape index (κ1) is 14.7. The van der Waals surface area contributed by atoms with Gasteiger partial charge in [0.05, 0.1) is 22.8 Å². The maximum atomic E-state index is 12.0. The van der Waals surface area contributed by atoms with Crippen molar-refractivity contribution < 1.29 is 12.8 Å². The van der Waals surface area contributed by atoms with E-state index in [0.29, 0.717) is 22.0 Å². The van der Waals surface area contributed by atoms with E-state index in [-0.39, 0.29) is 5.75 Å². The van der Waals surface area contributed by atoms with Crippen molar-refractivity contribution in [1.29, 1.82) is 0 Å². The third kappa shape index (κ3) is 2.77. The summed E-state index contributed by atoms with van der Waals surface area (Å²) in [5.74, 6) is 0.0865. The van der Waals surface area contributed by atoms with Crippen LogP contribution >= 0.6 is 12.2 Å². The molecule has 2 aromatic rings. The normalized spacial score (nSPS) is 16.8. The molecule has 7 heteroatoms. The first-order valence-corrected chi connectivity index (χ1v) is 9.16. The Morgan fingerprint density at radius 3 is 2.67 bits per heavy atom. The number of rotatable bonds is 4. The Labute approximate surface area is 129 Å². The van der Waals surface area contributed by atoms with Crippen LogP contribution in [0.3, 0.4) is 0 Å². The fourth-order valence-electron chi connectivity index (χ4n) is 2.66. The van der Waals surface area contributed by atoms with Crippen LogP contribution in [0.2, 0.25) is 0 Å². The molecule has 1 aliphatic heterocycles. The van der Waals surface area contributed by atoms with E-state index < -0.39 is 9.84 Å². The van der Waals surface area contributed by atoms with Gasteiger partial charge in [-0.3, -0.25) is 9.47 Å². The molecule has 1 saturated heterocycles. The number of likely N-dealkylation sites (tertiary alicyclic amines) is 1. The molecule has 1 aromatic heterocycles. The molecule has 1 aliphatic rings. The van der Waals surface area contributed by atoms with Gasteiger partial charge in [-0.25, -0.2) is 8.42 Å². The van der Waals surface area contributed by atoms with Crippen LogP contribution in [0.5, 0.6) is 0 Å². The Morgan fingerprint density at radius 2 is 2.00 bits per heavy atom. The largest absolute Gasteiger partial charge is 0.429 e. The summed E-state index contributed by atoms with van der Waals surface area (Å²) >= 11 is 5.27. The van der Waals surface area contributed by atoms with Crippen molar-refractivity contribution in [2.24, 2.45) is 0 Å². The summed E-state index contributed by atoms with van der Waals surface area (Å²) in [4.78, 5) is 3.01. The highest BCUT2D eigenvalue weighted by molar-refractivity contribution is 7.91. The molecule has 0 unspecified atom stereocenters. The third-order valence-corrected chi connectivity index (χ3v) is 5.95. The van der Waals surface area contributed by atoms with Crippen LogP contribution in [-0.2, 0) is 16.5 Å². The van der Waals surface area contributed by atoms with Crippen LogP contribution in [0.1, 0.15) is 19.8 Å². The average molecular weight is 326 g/mol. The Balaban J connectivity index is 2.08. The molecule has 0 radical (unpaired) electrons. The minimum absolute atomic E-state index is 0.0865. The Hall–Kier alpha value is -1.18. The topological polar surface area (TPSA) is 55.5 Å². The number of nitrogens with zero attached hydrogens (tertiary/aromatic N) is 2. The molecular formula is C14H18N2O3S2. The van der Waals surface area contributed by atoms with Crippen LogP contribution in [-0.4, -0.2) is 36.7 Å². The van der Waals surface area contributed by atoms with E-state index in [4.69, 9.17) is 16.6 Å². The molecule has 0 N–H and O–H groups in total. The molecule has 114 valence electrons. The molecule has 0 saturated carbocycles. The highest BCUT2D eigenvalue weighted by atomic mass is 32.2. The fourth-order valence-corrected chi connectivity index (χ4v) is 3.81. The lowest BCUT2D eigenvalue weighted by atomic mass is 10.3. The number of aromatic nitrogens is 1. The predicted molar refractivity (Wildman–Crippen MR) is 83.6 cm³/mol. The molecular weight excluding hydrogens is 308 g/mol. The lowest BCUT2D eigenvalue weighted by Gasteiger charge is -2.15. The molecule has 1 aromatic carbocycles. The highest BCUT2D eigenvalue weighted by Gasteiger charge is 2.18. The number of oxazole rings is 1. The monoisotopic (exact) mass is 326 g/mol. The van der Waals surface area contributed by atoms with Gasteiger partial charge in [-0.15, -0.1) is 0 Å². The van der Waals surface area contributed by atoms with Gasteiger partial charge in [-0.2, -0.15) is 0 Å². The predicted octanol–water partition coefficient (Wildman–Crippen LogP) is 2.81. The van der Waals surface area contributed by atoms with Crippen molar-refractivity contribution in [1.82, 2.24) is 9.47 Å². The average Bonchev–Trinajstić information content (AvgIpc) is 3.08. The zero-order valence-electron chi connectivity index (χ0n) is 11.9. The Bertz CT molecular complexity index is 814. The van der Waals surface area contributed by atoms with Crippen molar-refractivity contribution in [3.8, 4) is 0 Å². The number of hydrogen-bond donors (Lipinski definition) is 0. The van der Waals surface area contributed by atoms with Gasteiger partial charge in [-0.1, -0.05) is 6.92 Å². The van der Waals surface area contributed by atoms with Gasteiger partial charge in [0.1, 0.15) is 0 Å². The maximum Gasteiger partial charge on any atom is 0.270 e. The number of sulfone groups is 1. The molecule has 21 heavy (non-hydrogen) atoms. The zero-order valence-corrected chi connectivity index (χ0v) is 13.5. The van der Waals surface area contributed by atoms with E-state index in [1.54, 1.807) is 25.1 Å². The molecule has 5 nitrogen and oxygen atoms in total. The summed E-state index contributed by atoms with van der Waals surface area (Å²) in [5.41, 5.74) is 1.38. The maximum absolute atomic E-state index is 12.0. The van der Waals surface area contributed by atoms with Gasteiger partial charge < -0.3 is 4.42 Å². The van der Waals surface area contributed by atoms with Crippen molar-refractivity contribution in [2.45, 2.75) is 31.3 Å². The van der Waals surface area contributed by atoms with Crippen LogP contribution in [0, 0.1) is 4.84 Å². The van der Waals surface area contributed by atoms with Gasteiger partial charge in [0.2, 0.25) is 0 Å². The van der Waals surface area contributed by atoms with Crippen molar-refractivity contribution in [2.75, 3.05) is 18.8 Å². The number of fused-ring (bicyclic) bond motifs is 1. The first-order valence-electron chi connectivity index (χ1n) is 7.10. The SMILES string of the molecule is CCS(=O)(=O)c1ccc2oc(=S)n(CN3CCCC3)c2c1. The summed E-state index contributed by atoms with van der Waals surface area (Å²) in [6.07, 6.45) is 2.39. The summed E-state index contributed by atoms with van der Waals surface area (Å²) in [6.45, 7) is 4.38. The fraction of sp³-hybridized carbons (Fsp3) is 0.500. The summed E-state index contributed by atoms with van der Waals surface area (Å²) in [6, 6.07) is 4.94. The smallest absolute Gasteiger partial charge is 0.270 e. The zero-order chi connectivity index (χ0) is 15.0. The van der Waals surface area contributed by atoms with E-state index in [1.165, 1.54) is 12.8 Å². The lowest BCUT2D eigenvalue weighted by Crippen LogP contribution is -2.22. The van der Waals surface area contributed by atoms with Crippen molar-refractivity contribution >= 4 is 33.2 Å². The second kappa shape index (κ2) is 5.55. The van der Waals surface area contributed by atoms with Crippen LogP contribution in [0.25, 0.3) is 11.1 Å². The second-order valence-corrected chi connectivity index (χ2v) is 7.92. The van der Waals surface area contributed by atoms with Gasteiger partial charge >= 0.3 is 0 Å². The standard InChI is InChI=1S/C14H18N2O3S2/c1-2-21(17,18)11-5-6-13-12(9-11)16(14(20)19-13)10-15-7-3-4-8-15/h5-6,9H,2-4,7-8,10H2,1H3. The summed E-state index contributed by atoms with van der Waals surface area (Å²) in [7, 11) is -3.23. The van der Waals surface area contributed by atoms with E-state index in [0.717, 1.165) is 18.6 Å². The quantitative estimate of drug-likeness (QED) is 0.809. The van der Waals surface area contributed by atoms with E-state index in [9.17, 15) is 8.42 Å². The second-order valence-electron chi connectivity index (χ2n) is 5.30. The van der Waals surface area contributed by atoms with E-state index in [2.05, 4.69) is 4.90 Å². The highest BCUT2D eigenvalue weighted by Crippen LogP contribution is 2.23. The van der Waals surface area contributed by atoms with Gasteiger partial charge in [0, 0.05) is 0 Å². The van der Waals surface area contributed by atoms with E-state index in [1.807, 2.05) is 4.57 Å². The van der Waals surface area contributed by atoms with Crippen LogP contribution < -0.4 is 0 Å². The lowest BCUT2D eigenvalue weighted by molar-refractivity contribution is 0.267. The molecule has 0 amide bonds. The molecule has 0 atom stereocenters. The molecule has 0 bridgehead atoms. The minimum Gasteiger partial charge on any atom is -0.429 e. The molecule has 2 heterocycles. The van der Waals surface area contributed by atoms with Gasteiger partial charge in [-0.05, 0) is 56.3 Å². The molecule has 0 aliphatic carbocycles. The third-order valence-electron chi connectivity index (χ3n) is 3.92. The molecule has 1 fully saturated rings. The van der Waals surface area contributed by atoms with Crippen LogP contribution in [0.15, 0.2) is 27.5 Å². The van der Waals surface area contributed by atoms with Gasteiger partial charge in [0.15, 0.2) is 15.4 Å². The first-order chi connectivity index (χ1) is 10.0. The Morgan fingerprint density at radius 1 is 1.29 bits per heavy atom. The number of benzene rings is 1. The van der Waals surface area contributed by atoms with E-state index >= 15 is 0 Å². The van der Waals surface area contributed by atoms with Gasteiger partial charge in [0.25, 0.3) is 4.84 Å². The summed E-state index contributed by atoms with van der Waals surface area (Å²) < 4.78 is 31.5. The number of hydrogen-bond acceptors (Lipinski definition) is 5. The Kier molecular flexibility index (Phi) is 3.90. The van der Waals surface area contributed by atoms with Crippen molar-refractivity contribution in [3.05, 3.63) is 23.0 Å².